The Labute approximate surface area is 152 Å². The van der Waals surface area contributed by atoms with E-state index in [4.69, 9.17) is 5.73 Å². The Hall–Kier alpha value is -1.30. The van der Waals surface area contributed by atoms with Crippen molar-refractivity contribution < 1.29 is 4.79 Å². The van der Waals surface area contributed by atoms with Gasteiger partial charge in [-0.1, -0.05) is 12.1 Å². The van der Waals surface area contributed by atoms with E-state index < -0.39 is 0 Å². The molecule has 1 aromatic carbocycles. The molecule has 1 atom stereocenters. The highest BCUT2D eigenvalue weighted by molar-refractivity contribution is 7.09. The van der Waals surface area contributed by atoms with Crippen molar-refractivity contribution in [3.63, 3.8) is 0 Å². The van der Waals surface area contributed by atoms with Crippen molar-refractivity contribution in [1.29, 1.82) is 0 Å². The molecule has 23 heavy (non-hydrogen) atoms. The zero-order chi connectivity index (χ0) is 14.8. The van der Waals surface area contributed by atoms with Gasteiger partial charge in [0.25, 0.3) is 0 Å². The number of aryl methyl sites for hydroxylation is 1. The second-order valence-corrected chi connectivity index (χ2v) is 6.52. The monoisotopic (exact) mass is 373 g/mol. The molecule has 0 bridgehead atoms. The van der Waals surface area contributed by atoms with E-state index in [2.05, 4.69) is 10.3 Å². The summed E-state index contributed by atoms with van der Waals surface area (Å²) in [5.41, 5.74) is 8.37. The Kier molecular flexibility index (Phi) is 7.32. The lowest BCUT2D eigenvalue weighted by Crippen LogP contribution is -2.31. The van der Waals surface area contributed by atoms with Crippen molar-refractivity contribution in [2.24, 2.45) is 5.92 Å². The van der Waals surface area contributed by atoms with Gasteiger partial charge in [-0.05, 0) is 43.4 Å². The molecule has 3 rings (SSSR count). The normalized spacial score (nSPS) is 14.3. The fourth-order valence-electron chi connectivity index (χ4n) is 2.37. The lowest BCUT2D eigenvalue weighted by molar-refractivity contribution is -0.121. The summed E-state index contributed by atoms with van der Waals surface area (Å²) in [7, 11) is 0. The third-order valence-corrected chi connectivity index (χ3v) is 4.70. The zero-order valence-electron chi connectivity index (χ0n) is 12.8. The first-order valence-electron chi connectivity index (χ1n) is 7.17. The second-order valence-electron chi connectivity index (χ2n) is 5.63. The van der Waals surface area contributed by atoms with Crippen LogP contribution in [0.25, 0.3) is 0 Å². The molecule has 1 fully saturated rings. The largest absolute Gasteiger partial charge is 0.399 e. The number of carbonyl (C=O) groups is 1. The van der Waals surface area contributed by atoms with Crippen LogP contribution in [0.3, 0.4) is 0 Å². The minimum Gasteiger partial charge on any atom is -0.399 e. The molecule has 1 aliphatic carbocycles. The van der Waals surface area contributed by atoms with Gasteiger partial charge in [0.2, 0.25) is 5.91 Å². The molecule has 126 valence electrons. The smallest absolute Gasteiger partial charge is 0.224 e. The summed E-state index contributed by atoms with van der Waals surface area (Å²) in [5.74, 6) is 0.593. The SMILES string of the molecule is Cc1csc(C(NC(=O)Cc2ccc(N)cc2)C2CC2)n1.Cl.Cl. The minimum absolute atomic E-state index is 0. The van der Waals surface area contributed by atoms with Crippen LogP contribution in [0.5, 0.6) is 0 Å². The Balaban J connectivity index is 0.00000132. The minimum atomic E-state index is 0. The molecule has 0 spiro atoms. The number of anilines is 1. The quantitative estimate of drug-likeness (QED) is 0.785. The maximum Gasteiger partial charge on any atom is 0.224 e. The maximum absolute atomic E-state index is 12.3. The third-order valence-electron chi connectivity index (χ3n) is 3.66. The van der Waals surface area contributed by atoms with Gasteiger partial charge in [-0.25, -0.2) is 4.98 Å². The van der Waals surface area contributed by atoms with E-state index in [0.717, 1.165) is 16.3 Å². The number of hydrogen-bond donors (Lipinski definition) is 2. The van der Waals surface area contributed by atoms with Gasteiger partial charge in [0.1, 0.15) is 5.01 Å². The van der Waals surface area contributed by atoms with Crippen LogP contribution in [0.1, 0.15) is 35.1 Å². The van der Waals surface area contributed by atoms with E-state index in [1.54, 1.807) is 11.3 Å². The first kappa shape index (κ1) is 19.7. The van der Waals surface area contributed by atoms with Gasteiger partial charge in [-0.2, -0.15) is 0 Å². The van der Waals surface area contributed by atoms with Gasteiger partial charge in [0.05, 0.1) is 12.5 Å². The molecule has 0 radical (unpaired) electrons. The van der Waals surface area contributed by atoms with E-state index in [9.17, 15) is 4.79 Å². The molecule has 1 aliphatic rings. The predicted molar refractivity (Wildman–Crippen MR) is 99.5 cm³/mol. The van der Waals surface area contributed by atoms with Gasteiger partial charge in [0.15, 0.2) is 0 Å². The number of amides is 1. The number of rotatable bonds is 5. The predicted octanol–water partition coefficient (Wildman–Crippen LogP) is 3.69. The van der Waals surface area contributed by atoms with Crippen LogP contribution in [0.4, 0.5) is 5.69 Å². The van der Waals surface area contributed by atoms with Crippen LogP contribution in [0, 0.1) is 12.8 Å². The van der Waals surface area contributed by atoms with Crippen LogP contribution in [-0.4, -0.2) is 10.9 Å². The number of aromatic nitrogens is 1. The van der Waals surface area contributed by atoms with Gasteiger partial charge in [0, 0.05) is 16.8 Å². The van der Waals surface area contributed by atoms with Crippen molar-refractivity contribution in [2.45, 2.75) is 32.2 Å². The number of thiazole rings is 1. The molecule has 1 unspecified atom stereocenters. The topological polar surface area (TPSA) is 68.0 Å². The first-order valence-corrected chi connectivity index (χ1v) is 8.05. The van der Waals surface area contributed by atoms with Gasteiger partial charge in [-0.15, -0.1) is 36.2 Å². The third kappa shape index (κ3) is 5.37. The molecular weight excluding hydrogens is 353 g/mol. The molecule has 2 aromatic rings. The Morgan fingerprint density at radius 1 is 1.35 bits per heavy atom. The summed E-state index contributed by atoms with van der Waals surface area (Å²) in [4.78, 5) is 16.8. The van der Waals surface area contributed by atoms with E-state index in [1.165, 1.54) is 12.8 Å². The second kappa shape index (κ2) is 8.52. The number of benzene rings is 1. The number of nitrogens with zero attached hydrogens (tertiary/aromatic N) is 1. The first-order chi connectivity index (χ1) is 10.1. The van der Waals surface area contributed by atoms with Crippen molar-refractivity contribution in [3.8, 4) is 0 Å². The molecule has 1 heterocycles. The molecule has 0 saturated heterocycles. The maximum atomic E-state index is 12.3. The fraction of sp³-hybridized carbons (Fsp3) is 0.375. The Morgan fingerprint density at radius 3 is 2.52 bits per heavy atom. The number of nitrogen functional groups attached to an aromatic ring is 1. The summed E-state index contributed by atoms with van der Waals surface area (Å²) < 4.78 is 0. The number of carbonyl (C=O) groups excluding carboxylic acids is 1. The highest BCUT2D eigenvalue weighted by Gasteiger charge is 2.35. The molecule has 0 aliphatic heterocycles. The van der Waals surface area contributed by atoms with Gasteiger partial charge < -0.3 is 11.1 Å². The van der Waals surface area contributed by atoms with Crippen molar-refractivity contribution in [2.75, 3.05) is 5.73 Å². The Morgan fingerprint density at radius 2 is 2.00 bits per heavy atom. The van der Waals surface area contributed by atoms with Crippen molar-refractivity contribution in [1.82, 2.24) is 10.3 Å². The van der Waals surface area contributed by atoms with E-state index in [-0.39, 0.29) is 36.8 Å². The summed E-state index contributed by atoms with van der Waals surface area (Å²) in [5, 5.41) is 6.22. The van der Waals surface area contributed by atoms with Crippen LogP contribution in [-0.2, 0) is 11.2 Å². The van der Waals surface area contributed by atoms with Crippen LogP contribution in [0.2, 0.25) is 0 Å². The average molecular weight is 374 g/mol. The summed E-state index contributed by atoms with van der Waals surface area (Å²) in [6, 6.07) is 7.52. The summed E-state index contributed by atoms with van der Waals surface area (Å²) in [6.07, 6.45) is 2.73. The highest BCUT2D eigenvalue weighted by Crippen LogP contribution is 2.41. The van der Waals surface area contributed by atoms with E-state index >= 15 is 0 Å². The molecule has 7 heteroatoms. The van der Waals surface area contributed by atoms with Crippen LogP contribution in [0.15, 0.2) is 29.6 Å². The summed E-state index contributed by atoms with van der Waals surface area (Å²) >= 11 is 1.63. The van der Waals surface area contributed by atoms with Gasteiger partial charge in [-0.3, -0.25) is 4.79 Å². The standard InChI is InChI=1S/C16H19N3OS.2ClH/c1-10-9-21-16(18-10)15(12-4-5-12)19-14(20)8-11-2-6-13(17)7-3-11;;/h2-3,6-7,9,12,15H,4-5,8,17H2,1H3,(H,19,20);2*1H. The van der Waals surface area contributed by atoms with E-state index in [1.807, 2.05) is 36.6 Å². The molecule has 1 amide bonds. The fourth-order valence-corrected chi connectivity index (χ4v) is 3.31. The van der Waals surface area contributed by atoms with Crippen LogP contribution >= 0.6 is 36.2 Å². The van der Waals surface area contributed by atoms with Crippen molar-refractivity contribution >= 4 is 47.7 Å². The molecule has 3 N–H and O–H groups in total. The zero-order valence-corrected chi connectivity index (χ0v) is 15.3. The molecule has 1 saturated carbocycles. The van der Waals surface area contributed by atoms with Crippen molar-refractivity contribution in [3.05, 3.63) is 45.9 Å². The highest BCUT2D eigenvalue weighted by atomic mass is 35.5. The molecule has 4 nitrogen and oxygen atoms in total. The average Bonchev–Trinajstić information content (AvgIpc) is 3.21. The lowest BCUT2D eigenvalue weighted by atomic mass is 10.1. The van der Waals surface area contributed by atoms with E-state index in [0.29, 0.717) is 18.0 Å². The summed E-state index contributed by atoms with van der Waals surface area (Å²) in [6.45, 7) is 1.99. The van der Waals surface area contributed by atoms with Crippen LogP contribution < -0.4 is 11.1 Å². The molecular formula is C16H21Cl2N3OS. The lowest BCUT2D eigenvalue weighted by Gasteiger charge is -2.16. The number of halogens is 2. The number of nitrogens with two attached hydrogens (primary N) is 1. The molecule has 1 aromatic heterocycles. The number of hydrogen-bond acceptors (Lipinski definition) is 4. The Bertz CT molecular complexity index is 641. The van der Waals surface area contributed by atoms with Gasteiger partial charge >= 0.3 is 0 Å². The number of nitrogens with one attached hydrogen (secondary N) is 1.